The SMILES string of the molecule is CCCC(C)(N)C(=O)Nc1cccc(C(=O)N2CCCCC2)c1.Cl. The molecule has 5 nitrogen and oxygen atoms in total. The maximum Gasteiger partial charge on any atom is 0.253 e. The Labute approximate surface area is 150 Å². The number of anilines is 1. The van der Waals surface area contributed by atoms with E-state index in [0.29, 0.717) is 17.7 Å². The van der Waals surface area contributed by atoms with E-state index in [2.05, 4.69) is 5.32 Å². The molecule has 0 radical (unpaired) electrons. The molecule has 1 aliphatic heterocycles. The van der Waals surface area contributed by atoms with Crippen molar-refractivity contribution in [2.75, 3.05) is 18.4 Å². The van der Waals surface area contributed by atoms with Crippen molar-refractivity contribution in [2.24, 2.45) is 5.73 Å². The van der Waals surface area contributed by atoms with E-state index in [1.54, 1.807) is 31.2 Å². The Morgan fingerprint density at radius 2 is 1.92 bits per heavy atom. The van der Waals surface area contributed by atoms with Gasteiger partial charge in [-0.15, -0.1) is 12.4 Å². The lowest BCUT2D eigenvalue weighted by Crippen LogP contribution is -2.48. The standard InChI is InChI=1S/C18H27N3O2.ClH/c1-3-10-18(2,19)17(23)20-15-9-7-8-14(13-15)16(22)21-11-5-4-6-12-21;/h7-9,13H,3-6,10-12,19H2,1-2H3,(H,20,23);1H. The van der Waals surface area contributed by atoms with Crippen molar-refractivity contribution < 1.29 is 9.59 Å². The number of nitrogens with zero attached hydrogens (tertiary/aromatic N) is 1. The Morgan fingerprint density at radius 1 is 1.25 bits per heavy atom. The molecule has 0 aliphatic carbocycles. The van der Waals surface area contributed by atoms with Crippen LogP contribution in [0.4, 0.5) is 5.69 Å². The van der Waals surface area contributed by atoms with Gasteiger partial charge in [0.25, 0.3) is 5.91 Å². The van der Waals surface area contributed by atoms with Gasteiger partial charge in [0.2, 0.25) is 5.91 Å². The lowest BCUT2D eigenvalue weighted by molar-refractivity contribution is -0.120. The van der Waals surface area contributed by atoms with Crippen LogP contribution in [-0.4, -0.2) is 35.3 Å². The molecule has 1 aromatic carbocycles. The second kappa shape index (κ2) is 9.04. The van der Waals surface area contributed by atoms with E-state index in [-0.39, 0.29) is 24.2 Å². The first-order valence-corrected chi connectivity index (χ1v) is 8.44. The molecule has 0 aromatic heterocycles. The summed E-state index contributed by atoms with van der Waals surface area (Å²) in [6.07, 6.45) is 4.76. The van der Waals surface area contributed by atoms with E-state index >= 15 is 0 Å². The second-order valence-electron chi connectivity index (χ2n) is 6.56. The molecule has 0 saturated carbocycles. The zero-order valence-corrected chi connectivity index (χ0v) is 15.3. The highest BCUT2D eigenvalue weighted by molar-refractivity contribution is 6.00. The Bertz CT molecular complexity index is 569. The third kappa shape index (κ3) is 5.21. The molecule has 3 N–H and O–H groups in total. The molecule has 1 saturated heterocycles. The lowest BCUT2D eigenvalue weighted by Gasteiger charge is -2.27. The molecule has 1 atom stereocenters. The Morgan fingerprint density at radius 3 is 2.54 bits per heavy atom. The van der Waals surface area contributed by atoms with Gasteiger partial charge in [0.05, 0.1) is 5.54 Å². The minimum Gasteiger partial charge on any atom is -0.339 e. The van der Waals surface area contributed by atoms with Gasteiger partial charge >= 0.3 is 0 Å². The minimum atomic E-state index is -0.901. The van der Waals surface area contributed by atoms with Gasteiger partial charge in [0.1, 0.15) is 0 Å². The summed E-state index contributed by atoms with van der Waals surface area (Å²) < 4.78 is 0. The van der Waals surface area contributed by atoms with Crippen LogP contribution in [0.3, 0.4) is 0 Å². The molecule has 134 valence electrons. The molecule has 0 spiro atoms. The van der Waals surface area contributed by atoms with Crippen molar-refractivity contribution in [3.8, 4) is 0 Å². The van der Waals surface area contributed by atoms with Crippen LogP contribution in [0.15, 0.2) is 24.3 Å². The fourth-order valence-corrected chi connectivity index (χ4v) is 2.92. The lowest BCUT2D eigenvalue weighted by atomic mass is 9.96. The van der Waals surface area contributed by atoms with Gasteiger partial charge in [-0.3, -0.25) is 9.59 Å². The fourth-order valence-electron chi connectivity index (χ4n) is 2.92. The van der Waals surface area contributed by atoms with Gasteiger partial charge in [-0.25, -0.2) is 0 Å². The van der Waals surface area contributed by atoms with E-state index in [0.717, 1.165) is 32.4 Å². The highest BCUT2D eigenvalue weighted by Gasteiger charge is 2.27. The van der Waals surface area contributed by atoms with Crippen molar-refractivity contribution >= 4 is 29.9 Å². The summed E-state index contributed by atoms with van der Waals surface area (Å²) in [6, 6.07) is 7.10. The molecule has 6 heteroatoms. The summed E-state index contributed by atoms with van der Waals surface area (Å²) in [5.74, 6) is -0.188. The quantitative estimate of drug-likeness (QED) is 0.853. The van der Waals surface area contributed by atoms with Crippen molar-refractivity contribution in [3.63, 3.8) is 0 Å². The number of piperidine rings is 1. The van der Waals surface area contributed by atoms with Gasteiger partial charge in [-0.2, -0.15) is 0 Å². The van der Waals surface area contributed by atoms with E-state index in [1.165, 1.54) is 6.42 Å². The smallest absolute Gasteiger partial charge is 0.253 e. The minimum absolute atomic E-state index is 0. The molecule has 1 unspecified atom stereocenters. The summed E-state index contributed by atoms with van der Waals surface area (Å²) in [5.41, 5.74) is 6.37. The number of likely N-dealkylation sites (tertiary alicyclic amines) is 1. The number of halogens is 1. The third-order valence-electron chi connectivity index (χ3n) is 4.30. The topological polar surface area (TPSA) is 75.4 Å². The first-order chi connectivity index (χ1) is 10.9. The highest BCUT2D eigenvalue weighted by Crippen LogP contribution is 2.18. The summed E-state index contributed by atoms with van der Waals surface area (Å²) in [4.78, 5) is 26.7. The predicted octanol–water partition coefficient (Wildman–Crippen LogP) is 3.19. The van der Waals surface area contributed by atoms with E-state index in [1.807, 2.05) is 11.8 Å². The second-order valence-corrected chi connectivity index (χ2v) is 6.56. The molecule has 1 fully saturated rings. The van der Waals surface area contributed by atoms with Crippen molar-refractivity contribution in [3.05, 3.63) is 29.8 Å². The third-order valence-corrected chi connectivity index (χ3v) is 4.30. The molecule has 2 amide bonds. The number of benzene rings is 1. The number of hydrogen-bond donors (Lipinski definition) is 2. The van der Waals surface area contributed by atoms with Gasteiger partial charge in [0, 0.05) is 24.3 Å². The number of hydrogen-bond acceptors (Lipinski definition) is 3. The monoisotopic (exact) mass is 353 g/mol. The van der Waals surface area contributed by atoms with Crippen LogP contribution in [0.2, 0.25) is 0 Å². The highest BCUT2D eigenvalue weighted by atomic mass is 35.5. The van der Waals surface area contributed by atoms with Gasteiger partial charge in [-0.05, 0) is 50.8 Å². The summed E-state index contributed by atoms with van der Waals surface area (Å²) in [5, 5.41) is 2.83. The van der Waals surface area contributed by atoms with Gasteiger partial charge in [0.15, 0.2) is 0 Å². The average Bonchev–Trinajstić information content (AvgIpc) is 2.55. The maximum absolute atomic E-state index is 12.5. The number of nitrogens with one attached hydrogen (secondary N) is 1. The number of nitrogens with two attached hydrogens (primary N) is 1. The van der Waals surface area contributed by atoms with Crippen LogP contribution >= 0.6 is 12.4 Å². The zero-order chi connectivity index (χ0) is 16.9. The van der Waals surface area contributed by atoms with Crippen LogP contribution < -0.4 is 11.1 Å². The van der Waals surface area contributed by atoms with Crippen LogP contribution in [0, 0.1) is 0 Å². The normalized spacial score (nSPS) is 16.7. The molecule has 1 aliphatic rings. The summed E-state index contributed by atoms with van der Waals surface area (Å²) in [7, 11) is 0. The van der Waals surface area contributed by atoms with Gasteiger partial charge < -0.3 is 16.0 Å². The Hall–Kier alpha value is -1.59. The maximum atomic E-state index is 12.5. The fraction of sp³-hybridized carbons (Fsp3) is 0.556. The van der Waals surface area contributed by atoms with E-state index in [9.17, 15) is 9.59 Å². The zero-order valence-electron chi connectivity index (χ0n) is 14.5. The molecule has 24 heavy (non-hydrogen) atoms. The molecule has 1 aromatic rings. The molecular weight excluding hydrogens is 326 g/mol. The Kier molecular flexibility index (Phi) is 7.70. The van der Waals surface area contributed by atoms with Gasteiger partial charge in [-0.1, -0.05) is 19.4 Å². The van der Waals surface area contributed by atoms with Crippen molar-refractivity contribution in [1.82, 2.24) is 4.90 Å². The number of carbonyl (C=O) groups excluding carboxylic acids is 2. The van der Waals surface area contributed by atoms with Crippen LogP contribution in [0.1, 0.15) is 56.3 Å². The van der Waals surface area contributed by atoms with Crippen molar-refractivity contribution in [1.29, 1.82) is 0 Å². The first-order valence-electron chi connectivity index (χ1n) is 8.44. The summed E-state index contributed by atoms with van der Waals surface area (Å²) in [6.45, 7) is 5.35. The Balaban J connectivity index is 0.00000288. The molecule has 2 rings (SSSR count). The summed E-state index contributed by atoms with van der Waals surface area (Å²) >= 11 is 0. The van der Waals surface area contributed by atoms with E-state index in [4.69, 9.17) is 5.73 Å². The number of carbonyl (C=O) groups is 2. The van der Waals surface area contributed by atoms with Crippen LogP contribution in [0.5, 0.6) is 0 Å². The number of amides is 2. The van der Waals surface area contributed by atoms with E-state index < -0.39 is 5.54 Å². The predicted molar refractivity (Wildman–Crippen MR) is 99.6 cm³/mol. The largest absolute Gasteiger partial charge is 0.339 e. The molecule has 1 heterocycles. The van der Waals surface area contributed by atoms with Crippen molar-refractivity contribution in [2.45, 2.75) is 51.5 Å². The van der Waals surface area contributed by atoms with Crippen LogP contribution in [-0.2, 0) is 4.79 Å². The molecular formula is C18H28ClN3O2. The first kappa shape index (κ1) is 20.5. The van der Waals surface area contributed by atoms with Crippen LogP contribution in [0.25, 0.3) is 0 Å². The average molecular weight is 354 g/mol. The number of rotatable bonds is 5. The molecule has 0 bridgehead atoms.